The molecule has 6 heteroatoms. The van der Waals surface area contributed by atoms with Crippen LogP contribution in [0.5, 0.6) is 0 Å². The van der Waals surface area contributed by atoms with Gasteiger partial charge in [-0.25, -0.2) is 4.79 Å². The zero-order valence-electron chi connectivity index (χ0n) is 11.2. The number of carbonyl (C=O) groups is 1. The molecule has 6 nitrogen and oxygen atoms in total. The van der Waals surface area contributed by atoms with Crippen molar-refractivity contribution in [2.45, 2.75) is 57.3 Å². The summed E-state index contributed by atoms with van der Waals surface area (Å²) in [7, 11) is 0. The SMILES string of the molecule is C[C@H](Cn1cccn1)NC(=O)NC1CCC(O)CC1. The van der Waals surface area contributed by atoms with Crippen molar-refractivity contribution in [2.24, 2.45) is 0 Å². The van der Waals surface area contributed by atoms with Gasteiger partial charge in [-0.2, -0.15) is 5.10 Å². The number of aliphatic hydroxyl groups is 1. The number of aliphatic hydroxyl groups excluding tert-OH is 1. The lowest BCUT2D eigenvalue weighted by molar-refractivity contribution is 0.117. The van der Waals surface area contributed by atoms with E-state index in [1.165, 1.54) is 0 Å². The summed E-state index contributed by atoms with van der Waals surface area (Å²) < 4.78 is 1.79. The molecule has 0 radical (unpaired) electrons. The molecule has 1 aromatic heterocycles. The van der Waals surface area contributed by atoms with Crippen molar-refractivity contribution in [3.63, 3.8) is 0 Å². The maximum atomic E-state index is 11.8. The molecule has 1 atom stereocenters. The Morgan fingerprint density at radius 1 is 1.47 bits per heavy atom. The van der Waals surface area contributed by atoms with E-state index in [1.54, 1.807) is 10.9 Å². The second kappa shape index (κ2) is 6.56. The smallest absolute Gasteiger partial charge is 0.315 e. The minimum Gasteiger partial charge on any atom is -0.393 e. The molecule has 0 aromatic carbocycles. The molecule has 1 aliphatic carbocycles. The van der Waals surface area contributed by atoms with Crippen molar-refractivity contribution >= 4 is 6.03 Å². The zero-order valence-corrected chi connectivity index (χ0v) is 11.2. The topological polar surface area (TPSA) is 79.2 Å². The second-order valence-corrected chi connectivity index (χ2v) is 5.25. The average Bonchev–Trinajstić information content (AvgIpc) is 2.84. The van der Waals surface area contributed by atoms with Crippen LogP contribution in [0.4, 0.5) is 4.79 Å². The molecule has 3 N–H and O–H groups in total. The Morgan fingerprint density at radius 2 is 2.21 bits per heavy atom. The predicted molar refractivity (Wildman–Crippen MR) is 71.6 cm³/mol. The van der Waals surface area contributed by atoms with Gasteiger partial charge in [0.15, 0.2) is 0 Å². The Morgan fingerprint density at radius 3 is 2.84 bits per heavy atom. The van der Waals surface area contributed by atoms with Gasteiger partial charge < -0.3 is 15.7 Å². The summed E-state index contributed by atoms with van der Waals surface area (Å²) in [4.78, 5) is 11.8. The van der Waals surface area contributed by atoms with Gasteiger partial charge in [-0.1, -0.05) is 0 Å². The number of nitrogens with zero attached hydrogens (tertiary/aromatic N) is 2. The largest absolute Gasteiger partial charge is 0.393 e. The van der Waals surface area contributed by atoms with E-state index in [0.717, 1.165) is 25.7 Å². The highest BCUT2D eigenvalue weighted by atomic mass is 16.3. The summed E-state index contributed by atoms with van der Waals surface area (Å²) in [6.07, 6.45) is 6.64. The van der Waals surface area contributed by atoms with Crippen LogP contribution in [0.15, 0.2) is 18.5 Å². The van der Waals surface area contributed by atoms with Crippen LogP contribution < -0.4 is 10.6 Å². The maximum Gasteiger partial charge on any atom is 0.315 e. The summed E-state index contributed by atoms with van der Waals surface area (Å²) in [5, 5.41) is 19.4. The lowest BCUT2D eigenvalue weighted by Crippen LogP contribution is -2.47. The van der Waals surface area contributed by atoms with E-state index in [9.17, 15) is 9.90 Å². The Hall–Kier alpha value is -1.56. The van der Waals surface area contributed by atoms with E-state index in [1.807, 2.05) is 19.2 Å². The summed E-state index contributed by atoms with van der Waals surface area (Å²) in [6, 6.07) is 1.93. The van der Waals surface area contributed by atoms with E-state index in [0.29, 0.717) is 6.54 Å². The van der Waals surface area contributed by atoms with Crippen LogP contribution in [0.1, 0.15) is 32.6 Å². The fourth-order valence-electron chi connectivity index (χ4n) is 2.41. The number of nitrogens with one attached hydrogen (secondary N) is 2. The fourth-order valence-corrected chi connectivity index (χ4v) is 2.41. The molecule has 106 valence electrons. The van der Waals surface area contributed by atoms with Crippen LogP contribution >= 0.6 is 0 Å². The van der Waals surface area contributed by atoms with Crippen LogP contribution in [0.2, 0.25) is 0 Å². The number of hydrogen-bond acceptors (Lipinski definition) is 3. The van der Waals surface area contributed by atoms with Crippen LogP contribution in [-0.4, -0.2) is 39.1 Å². The monoisotopic (exact) mass is 266 g/mol. The van der Waals surface area contributed by atoms with Gasteiger partial charge in [0.05, 0.1) is 12.6 Å². The third-order valence-corrected chi connectivity index (χ3v) is 3.43. The van der Waals surface area contributed by atoms with Gasteiger partial charge in [-0.05, 0) is 38.7 Å². The first-order chi connectivity index (χ1) is 9.13. The number of rotatable bonds is 4. The highest BCUT2D eigenvalue weighted by Gasteiger charge is 2.21. The lowest BCUT2D eigenvalue weighted by Gasteiger charge is -2.27. The molecule has 0 spiro atoms. The summed E-state index contributed by atoms with van der Waals surface area (Å²) in [5.41, 5.74) is 0. The van der Waals surface area contributed by atoms with Gasteiger partial charge >= 0.3 is 6.03 Å². The first-order valence-electron chi connectivity index (χ1n) is 6.86. The molecule has 0 saturated heterocycles. The molecule has 2 amide bonds. The minimum absolute atomic E-state index is 0.0223. The number of carbonyl (C=O) groups excluding carboxylic acids is 1. The van der Waals surface area contributed by atoms with Crippen molar-refractivity contribution in [2.75, 3.05) is 0 Å². The fraction of sp³-hybridized carbons (Fsp3) is 0.692. The van der Waals surface area contributed by atoms with Gasteiger partial charge in [0.2, 0.25) is 0 Å². The zero-order chi connectivity index (χ0) is 13.7. The van der Waals surface area contributed by atoms with E-state index >= 15 is 0 Å². The first-order valence-corrected chi connectivity index (χ1v) is 6.86. The quantitative estimate of drug-likeness (QED) is 0.756. The Balaban J connectivity index is 1.69. The van der Waals surface area contributed by atoms with Crippen molar-refractivity contribution in [3.05, 3.63) is 18.5 Å². The van der Waals surface area contributed by atoms with E-state index in [2.05, 4.69) is 15.7 Å². The van der Waals surface area contributed by atoms with Gasteiger partial charge in [0.25, 0.3) is 0 Å². The lowest BCUT2D eigenvalue weighted by atomic mass is 9.93. The van der Waals surface area contributed by atoms with Crippen LogP contribution in [0.25, 0.3) is 0 Å². The minimum atomic E-state index is -0.195. The van der Waals surface area contributed by atoms with Crippen molar-refractivity contribution < 1.29 is 9.90 Å². The molecule has 1 saturated carbocycles. The van der Waals surface area contributed by atoms with Crippen molar-refractivity contribution in [1.29, 1.82) is 0 Å². The number of aromatic nitrogens is 2. The highest BCUT2D eigenvalue weighted by Crippen LogP contribution is 2.18. The highest BCUT2D eigenvalue weighted by molar-refractivity contribution is 5.74. The average molecular weight is 266 g/mol. The molecule has 1 heterocycles. The van der Waals surface area contributed by atoms with E-state index in [-0.39, 0.29) is 24.2 Å². The van der Waals surface area contributed by atoms with E-state index in [4.69, 9.17) is 0 Å². The molecule has 19 heavy (non-hydrogen) atoms. The Kier molecular flexibility index (Phi) is 4.79. The second-order valence-electron chi connectivity index (χ2n) is 5.25. The molecule has 0 bridgehead atoms. The van der Waals surface area contributed by atoms with Gasteiger partial charge in [-0.3, -0.25) is 4.68 Å². The molecule has 1 aromatic rings. The molecular formula is C13H22N4O2. The van der Waals surface area contributed by atoms with Gasteiger partial charge in [0, 0.05) is 24.5 Å². The summed E-state index contributed by atoms with van der Waals surface area (Å²) in [6.45, 7) is 2.61. The molecule has 1 fully saturated rings. The van der Waals surface area contributed by atoms with Gasteiger partial charge in [0.1, 0.15) is 0 Å². The van der Waals surface area contributed by atoms with Crippen LogP contribution in [0, 0.1) is 0 Å². The number of hydrogen-bond donors (Lipinski definition) is 3. The van der Waals surface area contributed by atoms with E-state index < -0.39 is 0 Å². The standard InChI is InChI=1S/C13H22N4O2/c1-10(9-17-8-2-7-14-17)15-13(19)16-11-3-5-12(18)6-4-11/h2,7-8,10-12,18H,3-6,9H2,1H3,(H2,15,16,19)/t10-,11?,12?/m1/s1. The third kappa shape index (κ3) is 4.55. The van der Waals surface area contributed by atoms with Crippen LogP contribution in [-0.2, 0) is 6.54 Å². The Bertz CT molecular complexity index is 385. The van der Waals surface area contributed by atoms with Gasteiger partial charge in [-0.15, -0.1) is 0 Å². The molecule has 0 unspecified atom stereocenters. The normalized spacial score (nSPS) is 24.7. The maximum absolute atomic E-state index is 11.8. The molecule has 1 aliphatic rings. The van der Waals surface area contributed by atoms with Crippen molar-refractivity contribution in [1.82, 2.24) is 20.4 Å². The van der Waals surface area contributed by atoms with Crippen molar-refractivity contribution in [3.8, 4) is 0 Å². The number of amides is 2. The summed E-state index contributed by atoms with van der Waals surface area (Å²) >= 11 is 0. The first kappa shape index (κ1) is 13.9. The molecular weight excluding hydrogens is 244 g/mol. The predicted octanol–water partition coefficient (Wildman–Crippen LogP) is 0.874. The molecule has 2 rings (SSSR count). The molecule has 0 aliphatic heterocycles. The number of urea groups is 1. The Labute approximate surface area is 113 Å². The third-order valence-electron chi connectivity index (χ3n) is 3.43. The summed E-state index contributed by atoms with van der Waals surface area (Å²) in [5.74, 6) is 0. The van der Waals surface area contributed by atoms with Crippen LogP contribution in [0.3, 0.4) is 0 Å².